The van der Waals surface area contributed by atoms with Gasteiger partial charge in [0, 0.05) is 12.5 Å². The Labute approximate surface area is 194 Å². The number of nitrogens with one attached hydrogen (secondary N) is 1. The van der Waals surface area contributed by atoms with E-state index in [0.717, 1.165) is 22.3 Å². The van der Waals surface area contributed by atoms with Gasteiger partial charge in [0.2, 0.25) is 0 Å². The molecule has 2 aromatic rings. The van der Waals surface area contributed by atoms with E-state index in [-0.39, 0.29) is 31.4 Å². The zero-order valence-corrected chi connectivity index (χ0v) is 19.5. The Kier molecular flexibility index (Phi) is 7.41. The predicted molar refractivity (Wildman–Crippen MR) is 124 cm³/mol. The number of carboxylic acid groups (broad SMARTS) is 1. The van der Waals surface area contributed by atoms with E-state index in [1.165, 1.54) is 0 Å². The van der Waals surface area contributed by atoms with Crippen LogP contribution < -0.4 is 5.32 Å². The lowest BCUT2D eigenvalue weighted by Gasteiger charge is -2.25. The molecular formula is C26H31NO6. The van der Waals surface area contributed by atoms with Crippen LogP contribution in [0.3, 0.4) is 0 Å². The molecule has 1 aliphatic rings. The second kappa shape index (κ2) is 10.1. The average molecular weight is 454 g/mol. The maximum Gasteiger partial charge on any atom is 0.407 e. The van der Waals surface area contributed by atoms with Gasteiger partial charge >= 0.3 is 18.0 Å². The number of carboxylic acids is 1. The molecule has 0 spiro atoms. The Hall–Kier alpha value is -3.35. The summed E-state index contributed by atoms with van der Waals surface area (Å²) in [6, 6.07) is 16.1. The first-order valence-electron chi connectivity index (χ1n) is 11.1. The van der Waals surface area contributed by atoms with Gasteiger partial charge in [-0.25, -0.2) is 9.59 Å². The average Bonchev–Trinajstić information content (AvgIpc) is 3.09. The van der Waals surface area contributed by atoms with Gasteiger partial charge in [0.25, 0.3) is 0 Å². The summed E-state index contributed by atoms with van der Waals surface area (Å²) >= 11 is 0. The van der Waals surface area contributed by atoms with E-state index >= 15 is 0 Å². The Bertz CT molecular complexity index is 983. The number of ether oxygens (including phenoxy) is 2. The van der Waals surface area contributed by atoms with Gasteiger partial charge in [-0.15, -0.1) is 0 Å². The third kappa shape index (κ3) is 5.72. The molecule has 7 nitrogen and oxygen atoms in total. The van der Waals surface area contributed by atoms with Crippen molar-refractivity contribution in [1.29, 1.82) is 0 Å². The molecule has 0 bridgehead atoms. The van der Waals surface area contributed by atoms with E-state index in [9.17, 15) is 19.5 Å². The minimum absolute atomic E-state index is 0.0451. The van der Waals surface area contributed by atoms with Crippen molar-refractivity contribution in [3.05, 3.63) is 59.7 Å². The van der Waals surface area contributed by atoms with Crippen molar-refractivity contribution in [1.82, 2.24) is 5.32 Å². The predicted octanol–water partition coefficient (Wildman–Crippen LogP) is 4.59. The van der Waals surface area contributed by atoms with Gasteiger partial charge in [0.15, 0.2) is 6.10 Å². The molecule has 0 fully saturated rings. The highest BCUT2D eigenvalue weighted by Crippen LogP contribution is 2.44. The molecule has 1 aliphatic carbocycles. The number of carbonyl (C=O) groups excluding carboxylic acids is 2. The normalized spacial score (nSPS) is 13.7. The number of alkyl carbamates (subject to hydrolysis) is 1. The molecule has 33 heavy (non-hydrogen) atoms. The van der Waals surface area contributed by atoms with Crippen LogP contribution in [0, 0.1) is 11.3 Å². The van der Waals surface area contributed by atoms with Crippen LogP contribution in [0.5, 0.6) is 0 Å². The molecule has 2 N–H and O–H groups in total. The highest BCUT2D eigenvalue weighted by Gasteiger charge is 2.35. The zero-order chi connectivity index (χ0) is 24.2. The molecule has 0 heterocycles. The van der Waals surface area contributed by atoms with E-state index in [4.69, 9.17) is 9.47 Å². The first-order valence-corrected chi connectivity index (χ1v) is 11.1. The van der Waals surface area contributed by atoms with Crippen molar-refractivity contribution in [2.24, 2.45) is 11.3 Å². The van der Waals surface area contributed by atoms with Crippen LogP contribution in [0.4, 0.5) is 4.79 Å². The number of amides is 1. The quantitative estimate of drug-likeness (QED) is 0.538. The topological polar surface area (TPSA) is 102 Å². The summed E-state index contributed by atoms with van der Waals surface area (Å²) in [5.41, 5.74) is 3.39. The summed E-state index contributed by atoms with van der Waals surface area (Å²) in [4.78, 5) is 36.3. The number of fused-ring (bicyclic) bond motifs is 3. The summed E-state index contributed by atoms with van der Waals surface area (Å²) in [6.07, 6.45) is -1.64. The van der Waals surface area contributed by atoms with Crippen LogP contribution in [0.2, 0.25) is 0 Å². The molecule has 176 valence electrons. The van der Waals surface area contributed by atoms with Gasteiger partial charge in [-0.3, -0.25) is 4.79 Å². The van der Waals surface area contributed by atoms with Crippen LogP contribution >= 0.6 is 0 Å². The van der Waals surface area contributed by atoms with Gasteiger partial charge in [-0.2, -0.15) is 0 Å². The summed E-state index contributed by atoms with van der Waals surface area (Å²) in [7, 11) is 0. The van der Waals surface area contributed by atoms with Crippen molar-refractivity contribution in [3.63, 3.8) is 0 Å². The summed E-state index contributed by atoms with van der Waals surface area (Å²) in [6.45, 7) is 7.01. The van der Waals surface area contributed by atoms with Gasteiger partial charge in [0.05, 0.1) is 5.41 Å². The minimum atomic E-state index is -1.22. The van der Waals surface area contributed by atoms with E-state index in [1.807, 2.05) is 50.2 Å². The Balaban J connectivity index is 1.56. The van der Waals surface area contributed by atoms with Crippen LogP contribution in [-0.2, 0) is 19.1 Å². The maximum absolute atomic E-state index is 12.5. The van der Waals surface area contributed by atoms with Crippen LogP contribution in [0.25, 0.3) is 11.1 Å². The molecule has 0 saturated carbocycles. The molecule has 0 saturated heterocycles. The summed E-state index contributed by atoms with van der Waals surface area (Å²) in [5.74, 6) is -1.87. The molecule has 1 amide bonds. The number of aliphatic carboxylic acids is 1. The highest BCUT2D eigenvalue weighted by molar-refractivity contribution is 5.82. The molecule has 3 rings (SSSR count). The smallest absolute Gasteiger partial charge is 0.407 e. The van der Waals surface area contributed by atoms with Crippen molar-refractivity contribution >= 4 is 18.0 Å². The lowest BCUT2D eigenvalue weighted by atomic mass is 9.93. The van der Waals surface area contributed by atoms with E-state index < -0.39 is 29.6 Å². The molecule has 1 atom stereocenters. The monoisotopic (exact) mass is 453 g/mol. The van der Waals surface area contributed by atoms with E-state index in [2.05, 4.69) is 17.4 Å². The minimum Gasteiger partial charge on any atom is -0.479 e. The zero-order valence-electron chi connectivity index (χ0n) is 19.5. The highest BCUT2D eigenvalue weighted by atomic mass is 16.6. The molecule has 2 aromatic carbocycles. The number of rotatable bonds is 9. The van der Waals surface area contributed by atoms with E-state index in [1.54, 1.807) is 13.8 Å². The number of hydrogen-bond donors (Lipinski definition) is 2. The number of carbonyl (C=O) groups is 3. The molecule has 0 aliphatic heterocycles. The fourth-order valence-corrected chi connectivity index (χ4v) is 3.93. The summed E-state index contributed by atoms with van der Waals surface area (Å²) in [5, 5.41) is 11.9. The summed E-state index contributed by atoms with van der Waals surface area (Å²) < 4.78 is 10.7. The second-order valence-electron chi connectivity index (χ2n) is 9.42. The lowest BCUT2D eigenvalue weighted by molar-refractivity contribution is -0.171. The number of benzene rings is 2. The molecule has 1 unspecified atom stereocenters. The second-order valence-corrected chi connectivity index (χ2v) is 9.42. The Morgan fingerprint density at radius 1 is 1.00 bits per heavy atom. The van der Waals surface area contributed by atoms with Crippen molar-refractivity contribution < 1.29 is 29.0 Å². The fraction of sp³-hybridized carbons (Fsp3) is 0.423. The van der Waals surface area contributed by atoms with Crippen molar-refractivity contribution in [2.45, 2.75) is 46.1 Å². The standard InChI is InChI=1S/C26H31NO6/c1-16(2)13-22(23(28)29)33-24(30)26(3,4)15-27-25(31)32-14-21-19-11-7-5-9-17(19)18-10-6-8-12-20(18)21/h5-12,16,21-22H,13-15H2,1-4H3,(H,27,31)(H,28,29). The molecule has 0 aromatic heterocycles. The SMILES string of the molecule is CC(C)CC(OC(=O)C(C)(C)CNC(=O)OCC1c2ccccc2-c2ccccc21)C(=O)O. The van der Waals surface area contributed by atoms with Crippen molar-refractivity contribution in [3.8, 4) is 11.1 Å². The molecular weight excluding hydrogens is 422 g/mol. The third-order valence-corrected chi connectivity index (χ3v) is 5.78. The van der Waals surface area contributed by atoms with Crippen LogP contribution in [0.15, 0.2) is 48.5 Å². The van der Waals surface area contributed by atoms with Gasteiger partial charge in [-0.1, -0.05) is 62.4 Å². The molecule has 7 heteroatoms. The Morgan fingerprint density at radius 3 is 2.06 bits per heavy atom. The fourth-order valence-electron chi connectivity index (χ4n) is 3.93. The van der Waals surface area contributed by atoms with Gasteiger partial charge in [-0.05, 0) is 48.4 Å². The van der Waals surface area contributed by atoms with Crippen LogP contribution in [-0.4, -0.2) is 42.4 Å². The van der Waals surface area contributed by atoms with Crippen LogP contribution in [0.1, 0.15) is 51.2 Å². The maximum atomic E-state index is 12.5. The number of hydrogen-bond acceptors (Lipinski definition) is 5. The third-order valence-electron chi connectivity index (χ3n) is 5.78. The Morgan fingerprint density at radius 2 is 1.55 bits per heavy atom. The van der Waals surface area contributed by atoms with Crippen molar-refractivity contribution in [2.75, 3.05) is 13.2 Å². The lowest BCUT2D eigenvalue weighted by Crippen LogP contribution is -2.42. The largest absolute Gasteiger partial charge is 0.479 e. The first-order chi connectivity index (χ1) is 15.6. The molecule has 0 radical (unpaired) electrons. The number of esters is 1. The first kappa shape index (κ1) is 24.3. The van der Waals surface area contributed by atoms with Gasteiger partial charge in [0.1, 0.15) is 6.61 Å². The van der Waals surface area contributed by atoms with E-state index in [0.29, 0.717) is 0 Å². The van der Waals surface area contributed by atoms with Gasteiger partial charge < -0.3 is 19.9 Å².